The molecule has 0 aliphatic heterocycles. The third kappa shape index (κ3) is 1.77. The number of nitrogens with two attached hydrogens (primary N) is 1. The van der Waals surface area contributed by atoms with Gasteiger partial charge in [0.25, 0.3) is 0 Å². The Morgan fingerprint density at radius 1 is 1.42 bits per heavy atom. The summed E-state index contributed by atoms with van der Waals surface area (Å²) < 4.78 is 41.2. The van der Waals surface area contributed by atoms with Gasteiger partial charge in [0.05, 0.1) is 5.56 Å². The molecule has 0 fully saturated rings. The highest BCUT2D eigenvalue weighted by Crippen LogP contribution is 2.45. The number of anilines is 1. The molecule has 0 spiro atoms. The average Bonchev–Trinajstić information content (AvgIpc) is 2.84. The fourth-order valence-corrected chi connectivity index (χ4v) is 2.00. The molecule has 6 nitrogen and oxygen atoms in total. The van der Waals surface area contributed by atoms with E-state index in [1.165, 1.54) is 20.2 Å². The number of aromatic amines is 1. The van der Waals surface area contributed by atoms with Crippen molar-refractivity contribution in [3.8, 4) is 0 Å². The Labute approximate surface area is 106 Å². The molecule has 2 rings (SSSR count). The molecule has 0 unspecified atom stereocenters. The highest BCUT2D eigenvalue weighted by molar-refractivity contribution is 5.50. The standard InChI is InChI=1S/C10H12F3N5O/c1-5-6(7(14)17-16-5)9(19,10(11,12)13)8-15-3-4-18(8)2/h3-4,19H,1-2H3,(H3,14,16,17)/t9-/m0/s1. The van der Waals surface area contributed by atoms with Crippen LogP contribution in [0.4, 0.5) is 19.0 Å². The first-order valence-corrected chi connectivity index (χ1v) is 5.27. The Hall–Kier alpha value is -2.03. The SMILES string of the molecule is Cc1[nH]nc(N)c1[C@](O)(c1nccn1C)C(F)(F)F. The van der Waals surface area contributed by atoms with Crippen LogP contribution in [0.2, 0.25) is 0 Å². The first-order chi connectivity index (χ1) is 8.69. The summed E-state index contributed by atoms with van der Waals surface area (Å²) in [4.78, 5) is 3.59. The van der Waals surface area contributed by atoms with E-state index in [1.807, 2.05) is 0 Å². The van der Waals surface area contributed by atoms with Crippen molar-refractivity contribution < 1.29 is 18.3 Å². The Balaban J connectivity index is 2.78. The van der Waals surface area contributed by atoms with Crippen molar-refractivity contribution in [2.75, 3.05) is 5.73 Å². The number of nitrogen functional groups attached to an aromatic ring is 1. The summed E-state index contributed by atoms with van der Waals surface area (Å²) in [5, 5.41) is 16.1. The number of H-pyrrole nitrogens is 1. The number of aromatic nitrogens is 4. The number of aliphatic hydroxyl groups is 1. The minimum absolute atomic E-state index is 0.0281. The van der Waals surface area contributed by atoms with Gasteiger partial charge in [-0.3, -0.25) is 5.10 Å². The number of rotatable bonds is 2. The second-order valence-corrected chi connectivity index (χ2v) is 4.18. The van der Waals surface area contributed by atoms with Crippen LogP contribution in [0.15, 0.2) is 12.4 Å². The van der Waals surface area contributed by atoms with E-state index in [-0.39, 0.29) is 5.69 Å². The minimum atomic E-state index is -4.99. The summed E-state index contributed by atoms with van der Waals surface area (Å²) in [6.45, 7) is 1.35. The van der Waals surface area contributed by atoms with Crippen LogP contribution in [0, 0.1) is 6.92 Å². The Bertz CT molecular complexity index is 583. The number of alkyl halides is 3. The van der Waals surface area contributed by atoms with Gasteiger partial charge in [-0.1, -0.05) is 0 Å². The molecule has 0 aliphatic rings. The lowest BCUT2D eigenvalue weighted by Crippen LogP contribution is -2.46. The van der Waals surface area contributed by atoms with Crippen LogP contribution >= 0.6 is 0 Å². The van der Waals surface area contributed by atoms with Crippen LogP contribution in [0.1, 0.15) is 17.1 Å². The zero-order valence-electron chi connectivity index (χ0n) is 10.2. The van der Waals surface area contributed by atoms with Crippen molar-refractivity contribution in [3.63, 3.8) is 0 Å². The molecular weight excluding hydrogens is 263 g/mol. The summed E-state index contributed by atoms with van der Waals surface area (Å²) in [7, 11) is 1.35. The van der Waals surface area contributed by atoms with Gasteiger partial charge >= 0.3 is 6.18 Å². The third-order valence-electron chi connectivity index (χ3n) is 2.89. The smallest absolute Gasteiger partial charge is 0.382 e. The predicted octanol–water partition coefficient (Wildman–Crippen LogP) is 0.832. The summed E-state index contributed by atoms with van der Waals surface area (Å²) in [5.41, 5.74) is 1.62. The van der Waals surface area contributed by atoms with Crippen LogP contribution in [0.25, 0.3) is 0 Å². The van der Waals surface area contributed by atoms with Crippen LogP contribution in [0.5, 0.6) is 0 Å². The summed E-state index contributed by atoms with van der Waals surface area (Å²) >= 11 is 0. The topological polar surface area (TPSA) is 92.8 Å². The van der Waals surface area contributed by atoms with Crippen molar-refractivity contribution in [1.29, 1.82) is 0 Å². The number of nitrogens with zero attached hydrogens (tertiary/aromatic N) is 3. The van der Waals surface area contributed by atoms with Gasteiger partial charge in [0.2, 0.25) is 5.60 Å². The van der Waals surface area contributed by atoms with Crippen LogP contribution in [-0.2, 0) is 12.6 Å². The maximum Gasteiger partial charge on any atom is 0.429 e. The van der Waals surface area contributed by atoms with Gasteiger partial charge in [-0.15, -0.1) is 0 Å². The minimum Gasteiger partial charge on any atom is -0.382 e. The van der Waals surface area contributed by atoms with Gasteiger partial charge < -0.3 is 15.4 Å². The Morgan fingerprint density at radius 2 is 2.05 bits per heavy atom. The number of nitrogens with one attached hydrogen (secondary N) is 1. The van der Waals surface area contributed by atoms with E-state index < -0.39 is 29.0 Å². The molecule has 0 saturated heterocycles. The van der Waals surface area contributed by atoms with E-state index >= 15 is 0 Å². The fourth-order valence-electron chi connectivity index (χ4n) is 2.00. The van der Waals surface area contributed by atoms with Gasteiger partial charge in [0.15, 0.2) is 11.6 Å². The summed E-state index contributed by atoms with van der Waals surface area (Å²) in [6.07, 6.45) is -2.52. The quantitative estimate of drug-likeness (QED) is 0.757. The van der Waals surface area contributed by atoms with Crippen molar-refractivity contribution in [1.82, 2.24) is 19.7 Å². The van der Waals surface area contributed by atoms with E-state index in [9.17, 15) is 18.3 Å². The van der Waals surface area contributed by atoms with Crippen LogP contribution < -0.4 is 5.73 Å². The molecular formula is C10H12F3N5O. The molecule has 4 N–H and O–H groups in total. The number of hydrogen-bond acceptors (Lipinski definition) is 4. The molecule has 0 aromatic carbocycles. The molecule has 0 aliphatic carbocycles. The van der Waals surface area contributed by atoms with Crippen molar-refractivity contribution >= 4 is 5.82 Å². The second-order valence-electron chi connectivity index (χ2n) is 4.18. The highest BCUT2D eigenvalue weighted by Gasteiger charge is 2.61. The number of aryl methyl sites for hydroxylation is 2. The maximum absolute atomic E-state index is 13.4. The Morgan fingerprint density at radius 3 is 2.42 bits per heavy atom. The number of halogens is 3. The third-order valence-corrected chi connectivity index (χ3v) is 2.89. The average molecular weight is 275 g/mol. The molecule has 2 aromatic rings. The van der Waals surface area contributed by atoms with Gasteiger partial charge in [0, 0.05) is 25.1 Å². The fraction of sp³-hybridized carbons (Fsp3) is 0.400. The summed E-state index contributed by atoms with van der Waals surface area (Å²) in [5.74, 6) is -0.989. The normalized spacial score (nSPS) is 15.5. The van der Waals surface area contributed by atoms with Crippen molar-refractivity contribution in [2.45, 2.75) is 18.7 Å². The molecule has 0 saturated carbocycles. The van der Waals surface area contributed by atoms with E-state index in [4.69, 9.17) is 5.73 Å². The van der Waals surface area contributed by atoms with E-state index in [2.05, 4.69) is 15.2 Å². The monoisotopic (exact) mass is 275 g/mol. The zero-order chi connectivity index (χ0) is 14.4. The molecule has 0 bridgehead atoms. The highest BCUT2D eigenvalue weighted by atomic mass is 19.4. The largest absolute Gasteiger partial charge is 0.429 e. The second kappa shape index (κ2) is 3.98. The van der Waals surface area contributed by atoms with Crippen molar-refractivity contribution in [3.05, 3.63) is 29.5 Å². The molecule has 0 radical (unpaired) electrons. The Kier molecular flexibility index (Phi) is 2.81. The molecule has 19 heavy (non-hydrogen) atoms. The molecule has 104 valence electrons. The number of imidazole rings is 1. The first-order valence-electron chi connectivity index (χ1n) is 5.27. The van der Waals surface area contributed by atoms with Gasteiger partial charge in [-0.25, -0.2) is 4.98 Å². The lowest BCUT2D eigenvalue weighted by atomic mass is 9.91. The van der Waals surface area contributed by atoms with E-state index in [1.54, 1.807) is 0 Å². The van der Waals surface area contributed by atoms with Gasteiger partial charge in [-0.05, 0) is 6.92 Å². The lowest BCUT2D eigenvalue weighted by Gasteiger charge is -2.30. The predicted molar refractivity (Wildman–Crippen MR) is 60.0 cm³/mol. The molecule has 0 amide bonds. The first kappa shape index (κ1) is 13.4. The van der Waals surface area contributed by atoms with Crippen LogP contribution in [0.3, 0.4) is 0 Å². The van der Waals surface area contributed by atoms with E-state index in [0.29, 0.717) is 0 Å². The summed E-state index contributed by atoms with van der Waals surface area (Å²) in [6, 6.07) is 0. The number of hydrogen-bond donors (Lipinski definition) is 3. The maximum atomic E-state index is 13.4. The zero-order valence-corrected chi connectivity index (χ0v) is 10.2. The molecule has 1 atom stereocenters. The van der Waals surface area contributed by atoms with Crippen LogP contribution in [-0.4, -0.2) is 31.0 Å². The van der Waals surface area contributed by atoms with E-state index in [0.717, 1.165) is 10.8 Å². The lowest BCUT2D eigenvalue weighted by molar-refractivity contribution is -0.251. The molecule has 9 heteroatoms. The van der Waals surface area contributed by atoms with Gasteiger partial charge in [-0.2, -0.15) is 18.3 Å². The molecule has 2 aromatic heterocycles. The van der Waals surface area contributed by atoms with Gasteiger partial charge in [0.1, 0.15) is 0 Å². The van der Waals surface area contributed by atoms with Crippen molar-refractivity contribution in [2.24, 2.45) is 7.05 Å². The molecule has 2 heterocycles.